The summed E-state index contributed by atoms with van der Waals surface area (Å²) < 4.78 is 39.0. The number of hydrogen-bond donors (Lipinski definition) is 1. The lowest BCUT2D eigenvalue weighted by molar-refractivity contribution is -0.121. The number of nitrogens with zero attached hydrogens (tertiary/aromatic N) is 1. The molecule has 172 valence electrons. The van der Waals surface area contributed by atoms with E-state index in [0.29, 0.717) is 11.4 Å². The van der Waals surface area contributed by atoms with Crippen molar-refractivity contribution in [2.75, 3.05) is 18.0 Å². The Labute approximate surface area is 196 Å². The zero-order chi connectivity index (χ0) is 24.0. The molecule has 33 heavy (non-hydrogen) atoms. The van der Waals surface area contributed by atoms with E-state index in [9.17, 15) is 18.0 Å². The topological polar surface area (TPSA) is 116 Å². The standard InChI is InChI=1S/C23H21ClN2O6S/c1-31-20-10-6-5-9-19(20)26(14-16-7-3-2-4-8-16)33(29,30)21-13-17(11-12-18(21)24)23(28)32-15-22(25)27/h2-13H,14-15H2,1H3,(H2,25,27). The van der Waals surface area contributed by atoms with Crippen molar-refractivity contribution in [3.05, 3.63) is 88.9 Å². The van der Waals surface area contributed by atoms with Crippen molar-refractivity contribution in [2.24, 2.45) is 5.73 Å². The molecule has 0 fully saturated rings. The van der Waals surface area contributed by atoms with Crippen molar-refractivity contribution in [2.45, 2.75) is 11.4 Å². The first-order chi connectivity index (χ1) is 15.7. The Hall–Kier alpha value is -3.56. The molecule has 3 rings (SSSR count). The molecule has 0 aliphatic rings. The van der Waals surface area contributed by atoms with Crippen LogP contribution in [0.2, 0.25) is 5.02 Å². The number of amides is 1. The first-order valence-corrected chi connectivity index (χ1v) is 11.5. The molecule has 3 aromatic carbocycles. The second kappa shape index (κ2) is 10.4. The lowest BCUT2D eigenvalue weighted by Gasteiger charge is -2.26. The summed E-state index contributed by atoms with van der Waals surface area (Å²) in [5, 5.41) is -0.0885. The van der Waals surface area contributed by atoms with Crippen LogP contribution >= 0.6 is 11.6 Å². The zero-order valence-electron chi connectivity index (χ0n) is 17.6. The van der Waals surface area contributed by atoms with Crippen molar-refractivity contribution in [3.63, 3.8) is 0 Å². The Morgan fingerprint density at radius 2 is 1.67 bits per heavy atom. The molecule has 0 unspecified atom stereocenters. The molecular formula is C23H21ClN2O6S. The van der Waals surface area contributed by atoms with Crippen LogP contribution in [-0.2, 0) is 26.1 Å². The largest absolute Gasteiger partial charge is 0.495 e. The summed E-state index contributed by atoms with van der Waals surface area (Å²) in [6.07, 6.45) is 0. The molecule has 1 amide bonds. The first kappa shape index (κ1) is 24.1. The van der Waals surface area contributed by atoms with Crippen molar-refractivity contribution in [1.82, 2.24) is 0 Å². The molecule has 0 bridgehead atoms. The van der Waals surface area contributed by atoms with Gasteiger partial charge in [0.25, 0.3) is 15.9 Å². The molecule has 3 aromatic rings. The number of primary amides is 1. The zero-order valence-corrected chi connectivity index (χ0v) is 19.2. The summed E-state index contributed by atoms with van der Waals surface area (Å²) in [5.41, 5.74) is 5.91. The van der Waals surface area contributed by atoms with E-state index in [1.165, 1.54) is 19.2 Å². The molecule has 0 spiro atoms. The highest BCUT2D eigenvalue weighted by atomic mass is 35.5. The van der Waals surface area contributed by atoms with Gasteiger partial charge in [-0.3, -0.25) is 9.10 Å². The molecule has 2 N–H and O–H groups in total. The minimum atomic E-state index is -4.28. The second-order valence-electron chi connectivity index (χ2n) is 6.86. The Bertz CT molecular complexity index is 1260. The number of para-hydroxylation sites is 2. The van der Waals surface area contributed by atoms with E-state index < -0.39 is 28.5 Å². The van der Waals surface area contributed by atoms with E-state index in [1.54, 1.807) is 48.5 Å². The van der Waals surface area contributed by atoms with E-state index in [4.69, 9.17) is 26.8 Å². The predicted octanol–water partition coefficient (Wildman–Crippen LogP) is 3.39. The van der Waals surface area contributed by atoms with Crippen molar-refractivity contribution in [1.29, 1.82) is 0 Å². The molecule has 0 saturated carbocycles. The fourth-order valence-electron chi connectivity index (χ4n) is 3.05. The fraction of sp³-hybridized carbons (Fsp3) is 0.130. The molecule has 0 aliphatic heterocycles. The number of sulfonamides is 1. The van der Waals surface area contributed by atoms with Crippen LogP contribution in [0.15, 0.2) is 77.7 Å². The number of anilines is 1. The molecule has 0 aromatic heterocycles. The summed E-state index contributed by atoms with van der Waals surface area (Å²) >= 11 is 6.26. The lowest BCUT2D eigenvalue weighted by Crippen LogP contribution is -2.31. The van der Waals surface area contributed by atoms with Gasteiger partial charge >= 0.3 is 5.97 Å². The Morgan fingerprint density at radius 3 is 2.33 bits per heavy atom. The van der Waals surface area contributed by atoms with Crippen LogP contribution in [0.4, 0.5) is 5.69 Å². The van der Waals surface area contributed by atoms with Gasteiger partial charge in [0, 0.05) is 0 Å². The van der Waals surface area contributed by atoms with Crippen molar-refractivity contribution in [3.8, 4) is 5.75 Å². The number of hydrogen-bond acceptors (Lipinski definition) is 6. The summed E-state index contributed by atoms with van der Waals surface area (Å²) in [6.45, 7) is -0.652. The Kier molecular flexibility index (Phi) is 7.57. The predicted molar refractivity (Wildman–Crippen MR) is 124 cm³/mol. The van der Waals surface area contributed by atoms with Gasteiger partial charge < -0.3 is 15.2 Å². The average Bonchev–Trinajstić information content (AvgIpc) is 2.81. The number of carbonyl (C=O) groups is 2. The Morgan fingerprint density at radius 1 is 1.00 bits per heavy atom. The van der Waals surface area contributed by atoms with E-state index in [-0.39, 0.29) is 22.0 Å². The highest BCUT2D eigenvalue weighted by Gasteiger charge is 2.30. The smallest absolute Gasteiger partial charge is 0.338 e. The van der Waals surface area contributed by atoms with Crippen LogP contribution in [-0.4, -0.2) is 34.0 Å². The summed E-state index contributed by atoms with van der Waals surface area (Å²) in [7, 11) is -2.84. The average molecular weight is 489 g/mol. The van der Waals surface area contributed by atoms with E-state index in [0.717, 1.165) is 15.9 Å². The molecule has 0 aliphatic carbocycles. The number of carbonyl (C=O) groups excluding carboxylic acids is 2. The molecular weight excluding hydrogens is 468 g/mol. The highest BCUT2D eigenvalue weighted by molar-refractivity contribution is 7.93. The third-order valence-electron chi connectivity index (χ3n) is 4.60. The van der Waals surface area contributed by atoms with Gasteiger partial charge in [-0.05, 0) is 35.9 Å². The molecule has 0 saturated heterocycles. The van der Waals surface area contributed by atoms with Gasteiger partial charge in [0.15, 0.2) is 6.61 Å². The summed E-state index contributed by atoms with van der Waals surface area (Å²) in [4.78, 5) is 22.9. The molecule has 0 radical (unpaired) electrons. The van der Waals surface area contributed by atoms with E-state index in [1.807, 2.05) is 6.07 Å². The maximum absolute atomic E-state index is 13.8. The summed E-state index contributed by atoms with van der Waals surface area (Å²) in [5.74, 6) is -1.41. The van der Waals surface area contributed by atoms with Crippen LogP contribution in [0.5, 0.6) is 5.75 Å². The SMILES string of the molecule is COc1ccccc1N(Cc1ccccc1)S(=O)(=O)c1cc(C(=O)OCC(N)=O)ccc1Cl. The molecule has 10 heteroatoms. The number of nitrogens with two attached hydrogens (primary N) is 1. The minimum Gasteiger partial charge on any atom is -0.495 e. The number of ether oxygens (including phenoxy) is 2. The van der Waals surface area contributed by atoms with Gasteiger partial charge in [-0.15, -0.1) is 0 Å². The lowest BCUT2D eigenvalue weighted by atomic mass is 10.2. The Balaban J connectivity index is 2.11. The summed E-state index contributed by atoms with van der Waals surface area (Å²) in [6, 6.07) is 19.3. The normalized spacial score (nSPS) is 11.0. The minimum absolute atomic E-state index is 0.0176. The van der Waals surface area contributed by atoms with Gasteiger partial charge in [-0.25, -0.2) is 13.2 Å². The van der Waals surface area contributed by atoms with Crippen molar-refractivity contribution < 1.29 is 27.5 Å². The van der Waals surface area contributed by atoms with Gasteiger partial charge in [0.05, 0.1) is 29.9 Å². The van der Waals surface area contributed by atoms with Gasteiger partial charge in [-0.2, -0.15) is 0 Å². The number of rotatable bonds is 9. The van der Waals surface area contributed by atoms with Gasteiger partial charge in [0.2, 0.25) is 0 Å². The van der Waals surface area contributed by atoms with E-state index >= 15 is 0 Å². The number of methoxy groups -OCH3 is 1. The number of halogens is 1. The van der Waals surface area contributed by atoms with Gasteiger partial charge in [0.1, 0.15) is 10.6 Å². The third kappa shape index (κ3) is 5.63. The van der Waals surface area contributed by atoms with Crippen molar-refractivity contribution >= 4 is 39.2 Å². The molecule has 0 atom stereocenters. The maximum Gasteiger partial charge on any atom is 0.338 e. The quantitative estimate of drug-likeness (QED) is 0.461. The number of benzene rings is 3. The molecule has 0 heterocycles. The van der Waals surface area contributed by atoms with Gasteiger partial charge in [-0.1, -0.05) is 54.1 Å². The highest BCUT2D eigenvalue weighted by Crippen LogP contribution is 2.36. The van der Waals surface area contributed by atoms with Crippen LogP contribution in [0.3, 0.4) is 0 Å². The van der Waals surface area contributed by atoms with E-state index in [2.05, 4.69) is 0 Å². The molecule has 8 nitrogen and oxygen atoms in total. The second-order valence-corrected chi connectivity index (χ2v) is 9.09. The maximum atomic E-state index is 13.8. The third-order valence-corrected chi connectivity index (χ3v) is 6.84. The monoisotopic (exact) mass is 488 g/mol. The van der Waals surface area contributed by atoms with Crippen LogP contribution < -0.4 is 14.8 Å². The van der Waals surface area contributed by atoms with Crippen LogP contribution in [0.25, 0.3) is 0 Å². The fourth-order valence-corrected chi connectivity index (χ4v) is 5.02. The van der Waals surface area contributed by atoms with Crippen LogP contribution in [0, 0.1) is 0 Å². The number of esters is 1. The van der Waals surface area contributed by atoms with Crippen LogP contribution in [0.1, 0.15) is 15.9 Å². The first-order valence-electron chi connectivity index (χ1n) is 9.68.